The molecule has 1 saturated carbocycles. The molecule has 1 aliphatic heterocycles. The quantitative estimate of drug-likeness (QED) is 0.638. The Morgan fingerprint density at radius 2 is 2.17 bits per heavy atom. The van der Waals surface area contributed by atoms with E-state index in [1.165, 1.54) is 11.1 Å². The summed E-state index contributed by atoms with van der Waals surface area (Å²) in [6.07, 6.45) is 3.39. The smallest absolute Gasteiger partial charge is 0.282 e. The second kappa shape index (κ2) is 6.82. The van der Waals surface area contributed by atoms with Crippen molar-refractivity contribution in [3.63, 3.8) is 0 Å². The summed E-state index contributed by atoms with van der Waals surface area (Å²) in [5.41, 5.74) is 5.50. The fourth-order valence-electron chi connectivity index (χ4n) is 3.00. The Morgan fingerprint density at radius 3 is 2.76 bits per heavy atom. The van der Waals surface area contributed by atoms with Crippen LogP contribution < -0.4 is 20.7 Å². The van der Waals surface area contributed by atoms with E-state index in [4.69, 9.17) is 10.5 Å². The molecule has 1 aliphatic carbocycles. The summed E-state index contributed by atoms with van der Waals surface area (Å²) in [6, 6.07) is 1.63. The molecular formula is C18H23F2N7O2. The zero-order valence-electron chi connectivity index (χ0n) is 16.2. The van der Waals surface area contributed by atoms with Gasteiger partial charge in [-0.15, -0.1) is 0 Å². The first-order chi connectivity index (χ1) is 13.6. The highest BCUT2D eigenvalue weighted by Gasteiger charge is 2.46. The lowest BCUT2D eigenvalue weighted by atomic mass is 10.0. The SMILES string of the molecule is CC(C)(NC(=O)c1cnc(N2CC(F)(F)C2)c(OCC2CC2)n1)c1cc(N)n[nH]1. The molecule has 0 bridgehead atoms. The average molecular weight is 407 g/mol. The summed E-state index contributed by atoms with van der Waals surface area (Å²) in [4.78, 5) is 22.6. The van der Waals surface area contributed by atoms with E-state index < -0.39 is 30.5 Å². The van der Waals surface area contributed by atoms with E-state index >= 15 is 0 Å². The summed E-state index contributed by atoms with van der Waals surface area (Å²) in [6.45, 7) is 3.11. The van der Waals surface area contributed by atoms with Crippen LogP contribution in [-0.4, -0.2) is 51.7 Å². The maximum absolute atomic E-state index is 13.3. The van der Waals surface area contributed by atoms with Crippen molar-refractivity contribution < 1.29 is 18.3 Å². The van der Waals surface area contributed by atoms with E-state index in [0.717, 1.165) is 12.8 Å². The van der Waals surface area contributed by atoms with Gasteiger partial charge in [0.15, 0.2) is 11.5 Å². The van der Waals surface area contributed by atoms with Gasteiger partial charge in [0.25, 0.3) is 17.7 Å². The number of rotatable bonds is 7. The van der Waals surface area contributed by atoms with E-state index in [9.17, 15) is 13.6 Å². The van der Waals surface area contributed by atoms with Gasteiger partial charge >= 0.3 is 0 Å². The van der Waals surface area contributed by atoms with Crippen molar-refractivity contribution in [2.24, 2.45) is 5.92 Å². The molecule has 0 atom stereocenters. The molecule has 2 aromatic heterocycles. The average Bonchev–Trinajstić information content (AvgIpc) is 3.35. The first-order valence-corrected chi connectivity index (χ1v) is 9.39. The molecule has 2 fully saturated rings. The molecule has 1 saturated heterocycles. The van der Waals surface area contributed by atoms with Crippen LogP contribution in [0.15, 0.2) is 12.3 Å². The van der Waals surface area contributed by atoms with Gasteiger partial charge in [0, 0.05) is 6.07 Å². The number of anilines is 2. The van der Waals surface area contributed by atoms with Gasteiger partial charge in [-0.05, 0) is 32.6 Å². The van der Waals surface area contributed by atoms with Crippen molar-refractivity contribution in [2.75, 3.05) is 30.3 Å². The fraction of sp³-hybridized carbons (Fsp3) is 0.556. The van der Waals surface area contributed by atoms with Crippen LogP contribution in [0.25, 0.3) is 0 Å². The van der Waals surface area contributed by atoms with E-state index in [2.05, 4.69) is 25.5 Å². The number of alkyl halides is 2. The fourth-order valence-corrected chi connectivity index (χ4v) is 3.00. The Morgan fingerprint density at radius 1 is 1.45 bits per heavy atom. The molecule has 3 heterocycles. The zero-order valence-corrected chi connectivity index (χ0v) is 16.2. The van der Waals surface area contributed by atoms with Crippen LogP contribution >= 0.6 is 0 Å². The number of carbonyl (C=O) groups is 1. The van der Waals surface area contributed by atoms with Crippen molar-refractivity contribution in [3.05, 3.63) is 23.7 Å². The summed E-state index contributed by atoms with van der Waals surface area (Å²) < 4.78 is 32.3. The lowest BCUT2D eigenvalue weighted by molar-refractivity contribution is -0.0270. The summed E-state index contributed by atoms with van der Waals surface area (Å²) in [7, 11) is 0. The number of H-pyrrole nitrogens is 1. The molecule has 2 aromatic rings. The van der Waals surface area contributed by atoms with Gasteiger partial charge < -0.3 is 20.7 Å². The number of nitrogens with one attached hydrogen (secondary N) is 2. The van der Waals surface area contributed by atoms with Gasteiger partial charge in [-0.2, -0.15) is 5.10 Å². The molecule has 0 radical (unpaired) electrons. The van der Waals surface area contributed by atoms with Crippen molar-refractivity contribution in [1.82, 2.24) is 25.5 Å². The molecule has 1 amide bonds. The molecular weight excluding hydrogens is 384 g/mol. The Balaban J connectivity index is 1.53. The number of amides is 1. The number of hydrogen-bond donors (Lipinski definition) is 3. The number of hydrogen-bond acceptors (Lipinski definition) is 7. The van der Waals surface area contributed by atoms with E-state index in [1.807, 2.05) is 0 Å². The number of aromatic nitrogens is 4. The third-order valence-electron chi connectivity index (χ3n) is 4.95. The monoisotopic (exact) mass is 407 g/mol. The Hall–Kier alpha value is -2.98. The predicted octanol–water partition coefficient (Wildman–Crippen LogP) is 1.69. The number of nitrogens with zero attached hydrogens (tertiary/aromatic N) is 4. The molecule has 11 heteroatoms. The lowest BCUT2D eigenvalue weighted by Gasteiger charge is -2.39. The van der Waals surface area contributed by atoms with E-state index in [0.29, 0.717) is 24.0 Å². The van der Waals surface area contributed by atoms with E-state index in [1.54, 1.807) is 19.9 Å². The molecule has 0 spiro atoms. The van der Waals surface area contributed by atoms with Crippen LogP contribution in [0, 0.1) is 5.92 Å². The highest BCUT2D eigenvalue weighted by Crippen LogP contribution is 2.36. The minimum atomic E-state index is -2.75. The van der Waals surface area contributed by atoms with Gasteiger partial charge in [-0.1, -0.05) is 0 Å². The van der Waals surface area contributed by atoms with Crippen LogP contribution in [-0.2, 0) is 5.54 Å². The van der Waals surface area contributed by atoms with Crippen molar-refractivity contribution >= 4 is 17.5 Å². The van der Waals surface area contributed by atoms with Crippen molar-refractivity contribution in [3.8, 4) is 5.88 Å². The Labute approximate surface area is 166 Å². The summed E-state index contributed by atoms with van der Waals surface area (Å²) in [5, 5.41) is 9.48. The maximum atomic E-state index is 13.3. The molecule has 156 valence electrons. The Kier molecular flexibility index (Phi) is 4.55. The number of halogens is 2. The normalized spacial score (nSPS) is 18.3. The largest absolute Gasteiger partial charge is 0.475 e. The number of nitrogens with two attached hydrogens (primary N) is 1. The number of nitrogen functional groups attached to an aromatic ring is 1. The Bertz CT molecular complexity index is 919. The second-order valence-corrected chi connectivity index (χ2v) is 8.14. The minimum Gasteiger partial charge on any atom is -0.475 e. The van der Waals surface area contributed by atoms with Crippen molar-refractivity contribution in [2.45, 2.75) is 38.2 Å². The zero-order chi connectivity index (χ0) is 20.8. The predicted molar refractivity (Wildman–Crippen MR) is 101 cm³/mol. The first-order valence-electron chi connectivity index (χ1n) is 9.39. The topological polar surface area (TPSA) is 122 Å². The van der Waals surface area contributed by atoms with Crippen LogP contribution in [0.4, 0.5) is 20.4 Å². The van der Waals surface area contributed by atoms with Gasteiger partial charge in [0.1, 0.15) is 5.82 Å². The molecule has 29 heavy (non-hydrogen) atoms. The summed E-state index contributed by atoms with van der Waals surface area (Å²) >= 11 is 0. The molecule has 0 aromatic carbocycles. The first kappa shape index (κ1) is 19.3. The van der Waals surface area contributed by atoms with Gasteiger partial charge in [-0.3, -0.25) is 9.89 Å². The molecule has 9 nitrogen and oxygen atoms in total. The van der Waals surface area contributed by atoms with Crippen LogP contribution in [0.1, 0.15) is 42.9 Å². The maximum Gasteiger partial charge on any atom is 0.282 e. The van der Waals surface area contributed by atoms with Gasteiger partial charge in [-0.25, -0.2) is 18.7 Å². The van der Waals surface area contributed by atoms with Crippen molar-refractivity contribution in [1.29, 1.82) is 0 Å². The number of ether oxygens (including phenoxy) is 1. The standard InChI is InChI=1S/C18H23F2N7O2/c1-17(2,12-5-13(21)26-25-12)24-15(28)11-6-22-14(27-8-18(19,20)9-27)16(23-11)29-7-10-3-4-10/h5-6,10H,3-4,7-9H2,1-2H3,(H,24,28)(H3,21,25,26). The number of carbonyl (C=O) groups excluding carboxylic acids is 1. The number of aromatic amines is 1. The van der Waals surface area contributed by atoms with Gasteiger partial charge in [0.2, 0.25) is 0 Å². The molecule has 2 aliphatic rings. The minimum absolute atomic E-state index is 0.0346. The highest BCUT2D eigenvalue weighted by molar-refractivity contribution is 5.93. The van der Waals surface area contributed by atoms with Crippen LogP contribution in [0.2, 0.25) is 0 Å². The van der Waals surface area contributed by atoms with E-state index in [-0.39, 0.29) is 17.4 Å². The van der Waals surface area contributed by atoms with Gasteiger partial charge in [0.05, 0.1) is 37.1 Å². The summed E-state index contributed by atoms with van der Waals surface area (Å²) in [5.74, 6) is -2.15. The molecule has 4 rings (SSSR count). The third-order valence-corrected chi connectivity index (χ3v) is 4.95. The third kappa shape index (κ3) is 4.22. The molecule has 4 N–H and O–H groups in total. The van der Waals surface area contributed by atoms with Crippen LogP contribution in [0.3, 0.4) is 0 Å². The highest BCUT2D eigenvalue weighted by atomic mass is 19.3. The molecule has 0 unspecified atom stereocenters. The second-order valence-electron chi connectivity index (χ2n) is 8.14. The lowest BCUT2D eigenvalue weighted by Crippen LogP contribution is -2.56. The van der Waals surface area contributed by atoms with Crippen LogP contribution in [0.5, 0.6) is 5.88 Å².